The number of nitrogens with one attached hydrogen (secondary N) is 4. The highest BCUT2D eigenvalue weighted by atomic mass is 32.1. The molecule has 0 radical (unpaired) electrons. The molecule has 0 aliphatic carbocycles. The van der Waals surface area contributed by atoms with Gasteiger partial charge in [0.2, 0.25) is 0 Å². The minimum Gasteiger partial charge on any atom is -0.374 e. The average molecular weight is 321 g/mol. The van der Waals surface area contributed by atoms with Gasteiger partial charge in [0, 0.05) is 26.2 Å². The number of thiocarbonyl (C=S) groups is 4. The predicted octanol–water partition coefficient (Wildman–Crippen LogP) is 0.448. The Kier molecular flexibility index (Phi) is 7.48. The molecule has 1 aliphatic rings. The van der Waals surface area contributed by atoms with Crippen molar-refractivity contribution in [3.05, 3.63) is 0 Å². The molecule has 0 unspecified atom stereocenters. The summed E-state index contributed by atoms with van der Waals surface area (Å²) in [4.78, 5) is 2.42. The molecule has 1 heterocycles. The van der Waals surface area contributed by atoms with Crippen LogP contribution in [0.3, 0.4) is 0 Å². The van der Waals surface area contributed by atoms with E-state index in [1.54, 1.807) is 0 Å². The zero-order valence-corrected chi connectivity index (χ0v) is 13.1. The van der Waals surface area contributed by atoms with Crippen LogP contribution in [0.15, 0.2) is 0 Å². The Morgan fingerprint density at radius 3 is 0.944 bits per heavy atom. The highest BCUT2D eigenvalue weighted by molar-refractivity contribution is 7.89. The Balaban J connectivity index is 2.46. The van der Waals surface area contributed by atoms with Crippen LogP contribution in [0.5, 0.6) is 0 Å². The largest absolute Gasteiger partial charge is 0.374 e. The molecule has 0 bridgehead atoms. The van der Waals surface area contributed by atoms with E-state index in [0.717, 1.165) is 39.0 Å². The van der Waals surface area contributed by atoms with E-state index < -0.39 is 0 Å². The standard InChI is InChI=1S/C10H16N4S4/c15-7-9(17)13-5-2-6-14-10(18)8(16)12-4-1-3-11-7/h1-6H2,(H,11,15)(H,12,16)(H,13,17)(H,14,18). The number of rotatable bonds is 0. The third-order valence-corrected chi connectivity index (χ3v) is 3.91. The molecular formula is C10H16N4S4. The van der Waals surface area contributed by atoms with E-state index in [1.165, 1.54) is 0 Å². The van der Waals surface area contributed by atoms with E-state index in [2.05, 4.69) is 21.3 Å². The van der Waals surface area contributed by atoms with Crippen LogP contribution in [0.2, 0.25) is 0 Å². The van der Waals surface area contributed by atoms with Gasteiger partial charge >= 0.3 is 0 Å². The molecule has 0 aromatic rings. The molecule has 0 aromatic carbocycles. The summed E-state index contributed by atoms with van der Waals surface area (Å²) in [6.07, 6.45) is 1.79. The van der Waals surface area contributed by atoms with Gasteiger partial charge in [0.25, 0.3) is 0 Å². The summed E-state index contributed by atoms with van der Waals surface area (Å²) in [5, 5.41) is 12.4. The Morgan fingerprint density at radius 2 is 0.722 bits per heavy atom. The van der Waals surface area contributed by atoms with Crippen LogP contribution in [0.1, 0.15) is 12.8 Å². The van der Waals surface area contributed by atoms with Crippen LogP contribution in [-0.2, 0) is 0 Å². The Morgan fingerprint density at radius 1 is 0.500 bits per heavy atom. The topological polar surface area (TPSA) is 48.1 Å². The fourth-order valence-corrected chi connectivity index (χ4v) is 2.00. The molecule has 4 N–H and O–H groups in total. The Hall–Kier alpha value is -0.440. The van der Waals surface area contributed by atoms with Crippen molar-refractivity contribution in [2.75, 3.05) is 26.2 Å². The number of hydrogen-bond acceptors (Lipinski definition) is 4. The van der Waals surface area contributed by atoms with E-state index in [4.69, 9.17) is 48.9 Å². The summed E-state index contributed by atoms with van der Waals surface area (Å²) in [6.45, 7) is 3.04. The molecule has 1 fully saturated rings. The molecule has 1 rings (SSSR count). The van der Waals surface area contributed by atoms with Crippen LogP contribution >= 0.6 is 48.9 Å². The second-order valence-corrected chi connectivity index (χ2v) is 5.36. The predicted molar refractivity (Wildman–Crippen MR) is 91.6 cm³/mol. The monoisotopic (exact) mass is 320 g/mol. The quantitative estimate of drug-likeness (QED) is 0.480. The minimum absolute atomic E-state index is 0.605. The van der Waals surface area contributed by atoms with Crippen molar-refractivity contribution in [2.24, 2.45) is 0 Å². The Labute approximate surface area is 129 Å². The SMILES string of the molecule is S=C1NCCCNC(=S)C(=S)NCCCNC1=S. The summed E-state index contributed by atoms with van der Waals surface area (Å²) >= 11 is 20.7. The fourth-order valence-electron chi connectivity index (χ4n) is 1.31. The molecular weight excluding hydrogens is 304 g/mol. The van der Waals surface area contributed by atoms with Gasteiger partial charge in [0.1, 0.15) is 20.0 Å². The third-order valence-electron chi connectivity index (χ3n) is 2.26. The van der Waals surface area contributed by atoms with Gasteiger partial charge < -0.3 is 21.3 Å². The molecule has 8 heteroatoms. The van der Waals surface area contributed by atoms with Crippen molar-refractivity contribution in [3.63, 3.8) is 0 Å². The summed E-state index contributed by atoms with van der Waals surface area (Å²) in [5.41, 5.74) is 0. The molecule has 0 spiro atoms. The molecule has 18 heavy (non-hydrogen) atoms. The first-order valence-corrected chi connectivity index (χ1v) is 7.36. The highest BCUT2D eigenvalue weighted by Gasteiger charge is 2.06. The first-order valence-electron chi connectivity index (χ1n) is 5.73. The van der Waals surface area contributed by atoms with Crippen LogP contribution in [0.25, 0.3) is 0 Å². The zero-order valence-electron chi connectivity index (χ0n) is 9.88. The second-order valence-electron chi connectivity index (χ2n) is 3.73. The minimum atomic E-state index is 0.605. The lowest BCUT2D eigenvalue weighted by atomic mass is 10.3. The van der Waals surface area contributed by atoms with Gasteiger partial charge in [-0.25, -0.2) is 0 Å². The molecule has 1 aliphatic heterocycles. The maximum Gasteiger partial charge on any atom is 0.134 e. The summed E-state index contributed by atoms with van der Waals surface area (Å²) < 4.78 is 0. The number of hydrogen-bond donors (Lipinski definition) is 4. The first-order chi connectivity index (χ1) is 8.61. The highest BCUT2D eigenvalue weighted by Crippen LogP contribution is 1.86. The van der Waals surface area contributed by atoms with Crippen LogP contribution in [0, 0.1) is 0 Å². The molecule has 1 saturated heterocycles. The smallest absolute Gasteiger partial charge is 0.134 e. The van der Waals surface area contributed by atoms with Gasteiger partial charge in [-0.05, 0) is 12.8 Å². The summed E-state index contributed by atoms with van der Waals surface area (Å²) in [5.74, 6) is 0. The fraction of sp³-hybridized carbons (Fsp3) is 0.600. The van der Waals surface area contributed by atoms with Gasteiger partial charge in [0.05, 0.1) is 0 Å². The molecule has 0 aromatic heterocycles. The summed E-state index contributed by atoms with van der Waals surface area (Å²) in [6, 6.07) is 0. The molecule has 4 nitrogen and oxygen atoms in total. The van der Waals surface area contributed by atoms with E-state index in [0.29, 0.717) is 20.0 Å². The lowest BCUT2D eigenvalue weighted by Crippen LogP contribution is -2.42. The molecule has 100 valence electrons. The van der Waals surface area contributed by atoms with Crippen molar-refractivity contribution < 1.29 is 0 Å². The Bertz CT molecular complexity index is 290. The van der Waals surface area contributed by atoms with Crippen LogP contribution in [0.4, 0.5) is 0 Å². The van der Waals surface area contributed by atoms with Gasteiger partial charge in [-0.3, -0.25) is 0 Å². The van der Waals surface area contributed by atoms with Gasteiger partial charge in [-0.2, -0.15) is 0 Å². The van der Waals surface area contributed by atoms with Crippen molar-refractivity contribution in [3.8, 4) is 0 Å². The van der Waals surface area contributed by atoms with Crippen LogP contribution in [-0.4, -0.2) is 46.1 Å². The van der Waals surface area contributed by atoms with E-state index in [-0.39, 0.29) is 0 Å². The molecule has 0 saturated carbocycles. The second kappa shape index (κ2) is 8.63. The normalized spacial score (nSPS) is 20.0. The molecule has 0 amide bonds. The lowest BCUT2D eigenvalue weighted by molar-refractivity contribution is 0.735. The van der Waals surface area contributed by atoms with E-state index in [9.17, 15) is 0 Å². The summed E-state index contributed by atoms with van der Waals surface area (Å²) in [7, 11) is 0. The maximum absolute atomic E-state index is 5.16. The first kappa shape index (κ1) is 15.6. The molecule has 0 atom stereocenters. The van der Waals surface area contributed by atoms with Gasteiger partial charge in [-0.15, -0.1) is 0 Å². The van der Waals surface area contributed by atoms with Gasteiger partial charge in [0.15, 0.2) is 0 Å². The van der Waals surface area contributed by atoms with Crippen LogP contribution < -0.4 is 21.3 Å². The van der Waals surface area contributed by atoms with Gasteiger partial charge in [-0.1, -0.05) is 48.9 Å². The van der Waals surface area contributed by atoms with E-state index in [1.807, 2.05) is 0 Å². The lowest BCUT2D eigenvalue weighted by Gasteiger charge is -2.15. The van der Waals surface area contributed by atoms with Crippen molar-refractivity contribution in [1.82, 2.24) is 21.3 Å². The zero-order chi connectivity index (χ0) is 13.4. The van der Waals surface area contributed by atoms with Crippen molar-refractivity contribution in [2.45, 2.75) is 12.8 Å². The van der Waals surface area contributed by atoms with Crippen molar-refractivity contribution in [1.29, 1.82) is 0 Å². The van der Waals surface area contributed by atoms with Crippen molar-refractivity contribution >= 4 is 68.8 Å². The average Bonchev–Trinajstić information content (AvgIpc) is 2.35. The third kappa shape index (κ3) is 5.94. The van der Waals surface area contributed by atoms with E-state index >= 15 is 0 Å². The maximum atomic E-state index is 5.16.